The number of para-hydroxylation sites is 1. The van der Waals surface area contributed by atoms with E-state index in [4.69, 9.17) is 9.26 Å². The quantitative estimate of drug-likeness (QED) is 0.356. The van der Waals surface area contributed by atoms with Crippen molar-refractivity contribution >= 4 is 11.7 Å². The summed E-state index contributed by atoms with van der Waals surface area (Å²) >= 11 is 0. The van der Waals surface area contributed by atoms with Gasteiger partial charge < -0.3 is 24.0 Å². The van der Waals surface area contributed by atoms with E-state index in [-0.39, 0.29) is 47.6 Å². The number of hydrogen-bond acceptors (Lipinski definition) is 6. The predicted octanol–water partition coefficient (Wildman–Crippen LogP) is 6.53. The Balaban J connectivity index is 1.19. The van der Waals surface area contributed by atoms with E-state index in [2.05, 4.69) is 14.8 Å². The Labute approximate surface area is 217 Å². The van der Waals surface area contributed by atoms with Gasteiger partial charge in [0.05, 0.1) is 18.3 Å². The molecule has 3 fully saturated rings. The van der Waals surface area contributed by atoms with Gasteiger partial charge in [0.25, 0.3) is 0 Å². The van der Waals surface area contributed by atoms with Gasteiger partial charge in [0, 0.05) is 34.8 Å². The Morgan fingerprint density at radius 1 is 1.03 bits per heavy atom. The van der Waals surface area contributed by atoms with Gasteiger partial charge in [-0.2, -0.15) is 0 Å². The van der Waals surface area contributed by atoms with Gasteiger partial charge in [0.15, 0.2) is 0 Å². The standard InChI is InChI=1S/C28H27F3N2O5/c29-28(30,31)37-24-4-2-1-3-22(24)25-23(26(38-32-25)16-5-6-16)15-36-21-13-19-11-12-20(14-21)33(19)18-9-7-17(8-10-18)27(34)35/h1-4,7-10,16,19-21H,5-6,11-15H2,(H,34,35). The summed E-state index contributed by atoms with van der Waals surface area (Å²) in [6, 6.07) is 13.5. The molecule has 3 aromatic rings. The average molecular weight is 529 g/mol. The molecule has 38 heavy (non-hydrogen) atoms. The summed E-state index contributed by atoms with van der Waals surface area (Å²) in [5.74, 6) is -0.381. The van der Waals surface area contributed by atoms with Gasteiger partial charge in [0.1, 0.15) is 17.2 Å². The lowest BCUT2D eigenvalue weighted by atomic mass is 9.98. The van der Waals surface area contributed by atoms with Crippen LogP contribution in [0.3, 0.4) is 0 Å². The first-order valence-corrected chi connectivity index (χ1v) is 12.8. The van der Waals surface area contributed by atoms with Crippen LogP contribution in [0, 0.1) is 0 Å². The number of aromatic nitrogens is 1. The number of hydrogen-bond donors (Lipinski definition) is 1. The number of alkyl halides is 3. The highest BCUT2D eigenvalue weighted by molar-refractivity contribution is 5.88. The van der Waals surface area contributed by atoms with Gasteiger partial charge in [0.2, 0.25) is 0 Å². The van der Waals surface area contributed by atoms with E-state index in [1.54, 1.807) is 24.3 Å². The summed E-state index contributed by atoms with van der Waals surface area (Å²) < 4.78 is 55.4. The number of carbonyl (C=O) groups is 1. The molecule has 2 atom stereocenters. The fourth-order valence-electron chi connectivity index (χ4n) is 5.88. The molecule has 3 aliphatic rings. The third-order valence-electron chi connectivity index (χ3n) is 7.70. The molecule has 1 saturated carbocycles. The number of piperidine rings is 1. The summed E-state index contributed by atoms with van der Waals surface area (Å²) in [5, 5.41) is 13.4. The van der Waals surface area contributed by atoms with Crippen LogP contribution in [-0.4, -0.2) is 40.8 Å². The van der Waals surface area contributed by atoms with Crippen LogP contribution < -0.4 is 9.64 Å². The van der Waals surface area contributed by atoms with Crippen LogP contribution in [-0.2, 0) is 11.3 Å². The number of carboxylic acid groups (broad SMARTS) is 1. The number of nitrogens with zero attached hydrogens (tertiary/aromatic N) is 2. The molecule has 0 amide bonds. The van der Waals surface area contributed by atoms with E-state index in [9.17, 15) is 23.1 Å². The van der Waals surface area contributed by atoms with Gasteiger partial charge >= 0.3 is 12.3 Å². The predicted molar refractivity (Wildman–Crippen MR) is 131 cm³/mol. The second-order valence-corrected chi connectivity index (χ2v) is 10.2. The summed E-state index contributed by atoms with van der Waals surface area (Å²) in [6.45, 7) is 0.197. The number of halogens is 3. The first-order chi connectivity index (χ1) is 18.3. The third-order valence-corrected chi connectivity index (χ3v) is 7.70. The molecule has 1 N–H and O–H groups in total. The highest BCUT2D eigenvalue weighted by Crippen LogP contribution is 2.46. The Morgan fingerprint density at radius 2 is 1.71 bits per heavy atom. The van der Waals surface area contributed by atoms with Gasteiger partial charge in [-0.15, -0.1) is 13.2 Å². The second-order valence-electron chi connectivity index (χ2n) is 10.2. The number of fused-ring (bicyclic) bond motifs is 2. The Bertz CT molecular complexity index is 1300. The maximum absolute atomic E-state index is 13.0. The van der Waals surface area contributed by atoms with E-state index in [0.717, 1.165) is 44.2 Å². The van der Waals surface area contributed by atoms with Gasteiger partial charge in [-0.05, 0) is 74.9 Å². The van der Waals surface area contributed by atoms with Crippen LogP contribution in [0.25, 0.3) is 11.3 Å². The molecule has 3 heterocycles. The zero-order valence-electron chi connectivity index (χ0n) is 20.5. The Hall–Kier alpha value is -3.53. The molecular formula is C28H27F3N2O5. The first-order valence-electron chi connectivity index (χ1n) is 12.8. The molecule has 0 spiro atoms. The minimum Gasteiger partial charge on any atom is -0.478 e. The van der Waals surface area contributed by atoms with Crippen molar-refractivity contribution < 1.29 is 37.1 Å². The largest absolute Gasteiger partial charge is 0.573 e. The van der Waals surface area contributed by atoms with Crippen LogP contribution >= 0.6 is 0 Å². The minimum atomic E-state index is -4.82. The van der Waals surface area contributed by atoms with Crippen molar-refractivity contribution in [3.8, 4) is 17.0 Å². The van der Waals surface area contributed by atoms with Crippen molar-refractivity contribution in [1.82, 2.24) is 5.16 Å². The molecule has 200 valence electrons. The number of carboxylic acids is 1. The molecule has 2 aromatic carbocycles. The maximum atomic E-state index is 13.0. The van der Waals surface area contributed by atoms with Crippen molar-refractivity contribution in [3.05, 3.63) is 65.4 Å². The lowest BCUT2D eigenvalue weighted by molar-refractivity contribution is -0.274. The maximum Gasteiger partial charge on any atom is 0.573 e. The van der Waals surface area contributed by atoms with Crippen LogP contribution in [0.5, 0.6) is 5.75 Å². The topological polar surface area (TPSA) is 85.0 Å². The number of rotatable bonds is 8. The van der Waals surface area contributed by atoms with Gasteiger partial charge in [-0.25, -0.2) is 4.79 Å². The monoisotopic (exact) mass is 528 g/mol. The van der Waals surface area contributed by atoms with Crippen molar-refractivity contribution in [1.29, 1.82) is 0 Å². The molecular weight excluding hydrogens is 501 g/mol. The molecule has 7 nitrogen and oxygen atoms in total. The summed E-state index contributed by atoms with van der Waals surface area (Å²) in [7, 11) is 0. The Kier molecular flexibility index (Phi) is 6.29. The van der Waals surface area contributed by atoms with Crippen LogP contribution in [0.1, 0.15) is 66.1 Å². The van der Waals surface area contributed by atoms with E-state index in [1.807, 2.05) is 12.1 Å². The molecule has 2 saturated heterocycles. The van der Waals surface area contributed by atoms with Gasteiger partial charge in [-0.3, -0.25) is 0 Å². The van der Waals surface area contributed by atoms with E-state index in [0.29, 0.717) is 17.0 Å². The van der Waals surface area contributed by atoms with Gasteiger partial charge in [-0.1, -0.05) is 17.3 Å². The molecule has 1 aliphatic carbocycles. The summed E-state index contributed by atoms with van der Waals surface area (Å²) in [4.78, 5) is 13.6. The number of ether oxygens (including phenoxy) is 2. The molecule has 1 aromatic heterocycles. The second kappa shape index (κ2) is 9.65. The van der Waals surface area contributed by atoms with Crippen LogP contribution in [0.15, 0.2) is 53.1 Å². The number of aromatic carboxylic acids is 1. The van der Waals surface area contributed by atoms with Crippen LogP contribution in [0.4, 0.5) is 18.9 Å². The van der Waals surface area contributed by atoms with Crippen molar-refractivity contribution in [2.45, 2.75) is 75.6 Å². The zero-order valence-corrected chi connectivity index (χ0v) is 20.5. The Morgan fingerprint density at radius 3 is 2.34 bits per heavy atom. The molecule has 2 unspecified atom stereocenters. The molecule has 6 rings (SSSR count). The summed E-state index contributed by atoms with van der Waals surface area (Å²) in [6.07, 6.45) is 0.736. The first kappa shape index (κ1) is 24.8. The number of benzene rings is 2. The third kappa shape index (κ3) is 4.97. The minimum absolute atomic E-state index is 0.0153. The average Bonchev–Trinajstić information content (AvgIpc) is 3.58. The normalized spacial score (nSPS) is 23.0. The van der Waals surface area contributed by atoms with E-state index in [1.165, 1.54) is 12.1 Å². The van der Waals surface area contributed by atoms with E-state index < -0.39 is 12.3 Å². The molecule has 2 bridgehead atoms. The van der Waals surface area contributed by atoms with Crippen molar-refractivity contribution in [3.63, 3.8) is 0 Å². The summed E-state index contributed by atoms with van der Waals surface area (Å²) in [5.41, 5.74) is 2.51. The fourth-order valence-corrected chi connectivity index (χ4v) is 5.88. The van der Waals surface area contributed by atoms with Crippen LogP contribution in [0.2, 0.25) is 0 Å². The van der Waals surface area contributed by atoms with E-state index >= 15 is 0 Å². The molecule has 0 radical (unpaired) electrons. The lowest BCUT2D eigenvalue weighted by Crippen LogP contribution is -2.45. The van der Waals surface area contributed by atoms with Crippen molar-refractivity contribution in [2.75, 3.05) is 4.90 Å². The fraction of sp³-hybridized carbons (Fsp3) is 0.429. The highest BCUT2D eigenvalue weighted by atomic mass is 19.4. The lowest BCUT2D eigenvalue weighted by Gasteiger charge is -2.40. The molecule has 2 aliphatic heterocycles. The molecule has 10 heteroatoms. The zero-order chi connectivity index (χ0) is 26.4. The SMILES string of the molecule is O=C(O)c1ccc(N2C3CCC2CC(OCc2c(-c4ccccc4OC(F)(F)F)noc2C2CC2)C3)cc1. The smallest absolute Gasteiger partial charge is 0.478 e. The highest BCUT2D eigenvalue weighted by Gasteiger charge is 2.42. The van der Waals surface area contributed by atoms with Crippen molar-refractivity contribution in [2.24, 2.45) is 0 Å². The number of anilines is 1.